The fourth-order valence-electron chi connectivity index (χ4n) is 13.7. The first kappa shape index (κ1) is 41.3. The van der Waals surface area contributed by atoms with Crippen LogP contribution < -0.4 is 0 Å². The number of aliphatic hydroxyl groups is 3. The Morgan fingerprint density at radius 2 is 1.42 bits per heavy atom. The zero-order chi connectivity index (χ0) is 42.7. The molecule has 0 aliphatic heterocycles. The van der Waals surface area contributed by atoms with Crippen LogP contribution in [0.2, 0.25) is 0 Å². The van der Waals surface area contributed by atoms with Crippen molar-refractivity contribution in [1.29, 1.82) is 0 Å². The van der Waals surface area contributed by atoms with E-state index in [0.29, 0.717) is 44.6 Å². The Kier molecular flexibility index (Phi) is 10.6. The van der Waals surface area contributed by atoms with Gasteiger partial charge in [-0.15, -0.1) is 0 Å². The molecule has 3 N–H and O–H groups in total. The Morgan fingerprint density at radius 3 is 2.21 bits per heavy atom. The van der Waals surface area contributed by atoms with Gasteiger partial charge in [0.25, 0.3) is 0 Å². The van der Waals surface area contributed by atoms with Crippen LogP contribution in [0.5, 0.6) is 0 Å². The molecule has 3 fully saturated rings. The quantitative estimate of drug-likeness (QED) is 0.0809. The summed E-state index contributed by atoms with van der Waals surface area (Å²) < 4.78 is 6.05. The number of aliphatic hydroxyl groups excluding tert-OH is 2. The van der Waals surface area contributed by atoms with E-state index in [0.717, 1.165) is 59.9 Å². The molecule has 5 aromatic rings. The molecule has 2 spiro atoms. The Bertz CT molecular complexity index is 2500. The summed E-state index contributed by atoms with van der Waals surface area (Å²) in [7, 11) is 0. The van der Waals surface area contributed by atoms with Crippen molar-refractivity contribution < 1.29 is 24.9 Å². The molecule has 2 bridgehead atoms. The summed E-state index contributed by atoms with van der Waals surface area (Å²) in [6.45, 7) is 6.66. The highest BCUT2D eigenvalue weighted by molar-refractivity contribution is 6.10. The van der Waals surface area contributed by atoms with E-state index in [1.807, 2.05) is 60.7 Å². The number of benzene rings is 5. The Hall–Kier alpha value is -4.69. The van der Waals surface area contributed by atoms with Gasteiger partial charge in [-0.25, -0.2) is 0 Å². The van der Waals surface area contributed by atoms with E-state index in [2.05, 4.69) is 104 Å². The summed E-state index contributed by atoms with van der Waals surface area (Å²) in [6, 6.07) is 43.2. The third-order valence-electron chi connectivity index (χ3n) is 16.9. The molecule has 0 aromatic heterocycles. The van der Waals surface area contributed by atoms with Crippen LogP contribution in [0.3, 0.4) is 0 Å². The third kappa shape index (κ3) is 6.68. The van der Waals surface area contributed by atoms with Crippen LogP contribution in [-0.2, 0) is 17.9 Å². The van der Waals surface area contributed by atoms with Gasteiger partial charge in [-0.05, 0) is 95.2 Å². The molecule has 0 radical (unpaired) electrons. The van der Waals surface area contributed by atoms with Crippen molar-refractivity contribution in [2.45, 2.75) is 89.8 Å². The molecule has 6 heteroatoms. The third-order valence-corrected chi connectivity index (χ3v) is 16.9. The standard InChI is InChI=1S/C56H61NO5/c1-52-27-24-45(58)32-54(52)30-31-56(48(33-54)51(60)43-22-20-41(21-23-43)40-14-7-4-8-15-40)49(52)25-28-53(2)50(56)26-29-55(53,61)38-57(34-44-18-11-17-42-16-9-10-19-47(42)44)35-46(59)37-62-36-39-12-5-3-6-13-39/h3-23,30-31,33,45-46,49-50,58-59,61H,24-29,32,34-38H2,1-2H3. The second-order valence-corrected chi connectivity index (χ2v) is 20.0. The molecule has 0 amide bonds. The average Bonchev–Trinajstić information content (AvgIpc) is 3.56. The number of allylic oxidation sites excluding steroid dienone is 4. The summed E-state index contributed by atoms with van der Waals surface area (Å²) in [6.07, 6.45) is 11.4. The van der Waals surface area contributed by atoms with E-state index < -0.39 is 34.1 Å². The molecule has 5 aromatic carbocycles. The van der Waals surface area contributed by atoms with E-state index >= 15 is 4.79 Å². The highest BCUT2D eigenvalue weighted by Gasteiger charge is 2.74. The molecule has 320 valence electrons. The molecule has 11 rings (SSSR count). The number of fused-ring (bicyclic) bond motifs is 2. The smallest absolute Gasteiger partial charge is 0.189 e. The van der Waals surface area contributed by atoms with Gasteiger partial charge in [0.15, 0.2) is 5.78 Å². The van der Waals surface area contributed by atoms with Gasteiger partial charge in [-0.3, -0.25) is 9.69 Å². The highest BCUT2D eigenvalue weighted by atomic mass is 16.5. The number of ether oxygens (including phenoxy) is 1. The zero-order valence-electron chi connectivity index (χ0n) is 36.3. The maximum absolute atomic E-state index is 15.3. The number of carbonyl (C=O) groups excluding carboxylic acids is 1. The molecule has 6 nitrogen and oxygen atoms in total. The van der Waals surface area contributed by atoms with Gasteiger partial charge in [0.1, 0.15) is 0 Å². The fourth-order valence-corrected chi connectivity index (χ4v) is 13.7. The summed E-state index contributed by atoms with van der Waals surface area (Å²) in [5.41, 5.74) is 3.29. The van der Waals surface area contributed by atoms with Gasteiger partial charge in [0.05, 0.1) is 31.0 Å². The van der Waals surface area contributed by atoms with Gasteiger partial charge in [-0.2, -0.15) is 0 Å². The maximum Gasteiger partial charge on any atom is 0.189 e. The van der Waals surface area contributed by atoms with Crippen LogP contribution in [0.15, 0.2) is 151 Å². The Morgan fingerprint density at radius 1 is 0.758 bits per heavy atom. The Labute approximate surface area is 367 Å². The number of carbonyl (C=O) groups is 1. The normalized spacial score (nSPS) is 32.5. The molecule has 6 aliphatic carbocycles. The lowest BCUT2D eigenvalue weighted by atomic mass is 9.32. The number of Topliss-reactive ketones (excluding diaryl/α,β-unsaturated/α-hetero) is 1. The second-order valence-electron chi connectivity index (χ2n) is 20.0. The first-order chi connectivity index (χ1) is 30.0. The van der Waals surface area contributed by atoms with Crippen molar-refractivity contribution in [3.63, 3.8) is 0 Å². The van der Waals surface area contributed by atoms with Crippen LogP contribution >= 0.6 is 0 Å². The van der Waals surface area contributed by atoms with Crippen LogP contribution in [0.4, 0.5) is 0 Å². The van der Waals surface area contributed by atoms with E-state index in [4.69, 9.17) is 4.74 Å². The van der Waals surface area contributed by atoms with E-state index in [1.165, 1.54) is 10.8 Å². The minimum absolute atomic E-state index is 0.0225. The molecular weight excluding hydrogens is 767 g/mol. The second kappa shape index (κ2) is 15.8. The van der Waals surface area contributed by atoms with Crippen molar-refractivity contribution in [3.05, 3.63) is 168 Å². The topological polar surface area (TPSA) is 90.2 Å². The van der Waals surface area contributed by atoms with Crippen molar-refractivity contribution in [2.75, 3.05) is 19.7 Å². The summed E-state index contributed by atoms with van der Waals surface area (Å²) >= 11 is 0. The first-order valence-electron chi connectivity index (χ1n) is 23.0. The van der Waals surface area contributed by atoms with Crippen LogP contribution in [0.25, 0.3) is 21.9 Å². The predicted octanol–water partition coefficient (Wildman–Crippen LogP) is 10.4. The molecule has 9 unspecified atom stereocenters. The van der Waals surface area contributed by atoms with Crippen molar-refractivity contribution in [1.82, 2.24) is 4.90 Å². The van der Waals surface area contributed by atoms with Crippen LogP contribution in [0, 0.1) is 33.5 Å². The van der Waals surface area contributed by atoms with Crippen LogP contribution in [-0.4, -0.2) is 63.5 Å². The predicted molar refractivity (Wildman–Crippen MR) is 246 cm³/mol. The lowest BCUT2D eigenvalue weighted by Gasteiger charge is -2.71. The number of ketones is 1. The van der Waals surface area contributed by atoms with Crippen LogP contribution in [0.1, 0.15) is 80.3 Å². The maximum atomic E-state index is 15.3. The minimum atomic E-state index is -1.08. The molecule has 62 heavy (non-hydrogen) atoms. The first-order valence-corrected chi connectivity index (χ1v) is 23.0. The number of hydrogen-bond acceptors (Lipinski definition) is 6. The van der Waals surface area contributed by atoms with Crippen molar-refractivity contribution >= 4 is 16.6 Å². The number of rotatable bonds is 13. The Balaban J connectivity index is 0.990. The van der Waals surface area contributed by atoms with Gasteiger partial charge in [0, 0.05) is 47.0 Å². The summed E-state index contributed by atoms with van der Waals surface area (Å²) in [5.74, 6) is 0.293. The largest absolute Gasteiger partial charge is 0.393 e. The number of hydrogen-bond donors (Lipinski definition) is 3. The average molecular weight is 828 g/mol. The highest BCUT2D eigenvalue weighted by Crippen LogP contribution is 2.78. The molecule has 6 aliphatic rings. The number of nitrogens with zero attached hydrogens (tertiary/aromatic N) is 1. The lowest BCUT2D eigenvalue weighted by Crippen LogP contribution is -2.67. The summed E-state index contributed by atoms with van der Waals surface area (Å²) in [5, 5.41) is 38.6. The minimum Gasteiger partial charge on any atom is -0.393 e. The van der Waals surface area contributed by atoms with E-state index in [1.54, 1.807) is 0 Å². The molecule has 0 saturated heterocycles. The molecule has 9 atom stereocenters. The van der Waals surface area contributed by atoms with Gasteiger partial charge in [0.2, 0.25) is 0 Å². The van der Waals surface area contributed by atoms with Gasteiger partial charge < -0.3 is 20.1 Å². The molecule has 3 saturated carbocycles. The van der Waals surface area contributed by atoms with E-state index in [-0.39, 0.29) is 29.6 Å². The van der Waals surface area contributed by atoms with Crippen molar-refractivity contribution in [3.8, 4) is 11.1 Å². The fraction of sp³-hybridized carbons (Fsp3) is 0.411. The van der Waals surface area contributed by atoms with Gasteiger partial charge in [-0.1, -0.05) is 159 Å². The van der Waals surface area contributed by atoms with Crippen molar-refractivity contribution in [2.24, 2.45) is 33.5 Å². The SMILES string of the molecule is CC12CCC(O)CC13C=CC1(C(C(=O)c4ccc(-c5ccccc5)cc4)=C3)C2CCC2(C)C1CCC2(O)CN(Cc1cccc2ccccc12)CC(O)COCc1ccccc1. The van der Waals surface area contributed by atoms with E-state index in [9.17, 15) is 15.3 Å². The molecular formula is C56H61NO5. The molecule has 0 heterocycles. The summed E-state index contributed by atoms with van der Waals surface area (Å²) in [4.78, 5) is 17.6. The van der Waals surface area contributed by atoms with Gasteiger partial charge >= 0.3 is 0 Å². The zero-order valence-corrected chi connectivity index (χ0v) is 36.3. The lowest BCUT2D eigenvalue weighted by molar-refractivity contribution is -0.177. The monoisotopic (exact) mass is 827 g/mol.